The molecule has 0 radical (unpaired) electrons. The summed E-state index contributed by atoms with van der Waals surface area (Å²) in [5.74, 6) is 0.167. The Morgan fingerprint density at radius 3 is 0.909 bits per heavy atom. The van der Waals surface area contributed by atoms with E-state index in [0.717, 1.165) is 0 Å². The molecule has 1 nitrogen and oxygen atoms in total. The van der Waals surface area contributed by atoms with Crippen LogP contribution in [0.1, 0.15) is 13.8 Å². The highest BCUT2D eigenvalue weighted by atomic mass is 32.5. The second kappa shape index (κ2) is 2.29. The first kappa shape index (κ1) is 13.2. The lowest BCUT2D eigenvalue weighted by molar-refractivity contribution is -0.115. The van der Waals surface area contributed by atoms with Gasteiger partial charge in [0.15, 0.2) is 0 Å². The molecule has 72 valence electrons. The summed E-state index contributed by atoms with van der Waals surface area (Å²) in [5, 5.41) is 0. The Hall–Kier alpha value is -0.400. The van der Waals surface area contributed by atoms with E-state index < -0.39 is 10.6 Å². The Bertz CT molecular complexity index is 136. The van der Waals surface area contributed by atoms with Crippen LogP contribution < -0.4 is 0 Å². The van der Waals surface area contributed by atoms with Crippen molar-refractivity contribution >= 4 is 16.4 Å². The van der Waals surface area contributed by atoms with Gasteiger partial charge in [-0.25, -0.2) is 0 Å². The predicted molar refractivity (Wildman–Crippen MR) is 30.6 cm³/mol. The minimum Gasteiger partial charge on any atom is -0.300 e. The highest BCUT2D eigenvalue weighted by Gasteiger charge is 2.64. The molecule has 0 fully saturated rings. The van der Waals surface area contributed by atoms with E-state index in [0.29, 0.717) is 0 Å². The molecule has 0 atom stereocenters. The van der Waals surface area contributed by atoms with Crippen molar-refractivity contribution in [2.24, 2.45) is 0 Å². The first-order chi connectivity index (χ1) is 4.18. The zero-order valence-electron chi connectivity index (χ0n) is 5.58. The summed E-state index contributed by atoms with van der Waals surface area (Å²) in [7, 11) is -10.5. The minimum absolute atomic E-state index is 0.167. The molecule has 0 bridgehead atoms. The maximum absolute atomic E-state index is 10.5. The standard InChI is InChI=1S/C3H6O.F6S/c1-3(2)4;1-7(2,3,4,5)6/h1-2H3;. The van der Waals surface area contributed by atoms with Gasteiger partial charge in [-0.1, -0.05) is 23.3 Å². The average Bonchev–Trinajstić information content (AvgIpc) is 1.11. The van der Waals surface area contributed by atoms with E-state index in [9.17, 15) is 28.1 Å². The van der Waals surface area contributed by atoms with Crippen molar-refractivity contribution in [2.75, 3.05) is 0 Å². The number of hydrogen-bond acceptors (Lipinski definition) is 1. The van der Waals surface area contributed by atoms with Crippen molar-refractivity contribution in [3.63, 3.8) is 0 Å². The Morgan fingerprint density at radius 1 is 0.909 bits per heavy atom. The lowest BCUT2D eigenvalue weighted by Crippen LogP contribution is -1.92. The molecule has 0 aromatic carbocycles. The highest BCUT2D eigenvalue weighted by molar-refractivity contribution is 8.41. The van der Waals surface area contributed by atoms with Crippen molar-refractivity contribution < 1.29 is 28.1 Å². The van der Waals surface area contributed by atoms with Gasteiger partial charge >= 0.3 is 10.6 Å². The Morgan fingerprint density at radius 2 is 0.909 bits per heavy atom. The van der Waals surface area contributed by atoms with Crippen LogP contribution in [0.15, 0.2) is 0 Å². The summed E-state index contributed by atoms with van der Waals surface area (Å²) in [6.07, 6.45) is 0. The quantitative estimate of drug-likeness (QED) is 0.549. The summed E-state index contributed by atoms with van der Waals surface area (Å²) in [6, 6.07) is 0. The van der Waals surface area contributed by atoms with Gasteiger partial charge in [0.25, 0.3) is 0 Å². The minimum atomic E-state index is -10.5. The lowest BCUT2D eigenvalue weighted by atomic mass is 10.6. The van der Waals surface area contributed by atoms with Gasteiger partial charge in [0.2, 0.25) is 0 Å². The maximum atomic E-state index is 9.85. The maximum Gasteiger partial charge on any atom is 0.431 e. The number of carbonyl (C=O) groups is 1. The summed E-state index contributed by atoms with van der Waals surface area (Å²) >= 11 is 0. The van der Waals surface area contributed by atoms with Crippen molar-refractivity contribution in [2.45, 2.75) is 13.8 Å². The molecule has 0 unspecified atom stereocenters. The van der Waals surface area contributed by atoms with Crippen LogP contribution in [0, 0.1) is 0 Å². The topological polar surface area (TPSA) is 17.1 Å². The third kappa shape index (κ3) is 3470. The molecular formula is C3H6F6OS. The molecule has 0 aromatic heterocycles. The number of hydrogen-bond donors (Lipinski definition) is 0. The van der Waals surface area contributed by atoms with Crippen molar-refractivity contribution in [3.8, 4) is 0 Å². The molecule has 0 aromatic rings. The van der Waals surface area contributed by atoms with Crippen LogP contribution in [-0.4, -0.2) is 5.78 Å². The van der Waals surface area contributed by atoms with Crippen molar-refractivity contribution in [1.82, 2.24) is 0 Å². The van der Waals surface area contributed by atoms with Crippen LogP contribution in [0.4, 0.5) is 23.3 Å². The van der Waals surface area contributed by atoms with Crippen LogP contribution in [0.5, 0.6) is 0 Å². The molecule has 0 heterocycles. The van der Waals surface area contributed by atoms with Crippen LogP contribution in [0.25, 0.3) is 0 Å². The van der Waals surface area contributed by atoms with Gasteiger partial charge in [-0.15, -0.1) is 0 Å². The smallest absolute Gasteiger partial charge is 0.300 e. The number of halogens is 6. The summed E-state index contributed by atoms with van der Waals surface area (Å²) in [5.41, 5.74) is 0. The fraction of sp³-hybridized carbons (Fsp3) is 0.667. The summed E-state index contributed by atoms with van der Waals surface area (Å²) in [4.78, 5) is 9.44. The number of Topliss-reactive ketones (excluding diaryl/α,β-unsaturated/α-hetero) is 1. The van der Waals surface area contributed by atoms with Gasteiger partial charge in [0, 0.05) is 0 Å². The van der Waals surface area contributed by atoms with Gasteiger partial charge < -0.3 is 4.79 Å². The monoisotopic (exact) mass is 204 g/mol. The summed E-state index contributed by atoms with van der Waals surface area (Å²) < 4.78 is 59.1. The molecule has 0 saturated heterocycles. The first-order valence-electron chi connectivity index (χ1n) is 2.13. The number of ketones is 1. The molecule has 0 aliphatic heterocycles. The first-order valence-corrected chi connectivity index (χ1v) is 3.98. The van der Waals surface area contributed by atoms with E-state index in [1.807, 2.05) is 0 Å². The molecule has 11 heavy (non-hydrogen) atoms. The lowest BCUT2D eigenvalue weighted by Gasteiger charge is -2.28. The molecule has 0 rings (SSSR count). The zero-order chi connectivity index (χ0) is 9.99. The fourth-order valence-corrected chi connectivity index (χ4v) is 0. The second-order valence-electron chi connectivity index (χ2n) is 1.78. The second-order valence-corrected chi connectivity index (χ2v) is 3.53. The SMILES string of the molecule is CC(C)=O.FS(F)(F)(F)(F)F. The van der Waals surface area contributed by atoms with E-state index >= 15 is 0 Å². The van der Waals surface area contributed by atoms with Crippen molar-refractivity contribution in [3.05, 3.63) is 0 Å². The van der Waals surface area contributed by atoms with Crippen LogP contribution in [-0.2, 0) is 4.79 Å². The van der Waals surface area contributed by atoms with Crippen LogP contribution in [0.3, 0.4) is 0 Å². The molecule has 0 saturated carbocycles. The predicted octanol–water partition coefficient (Wildman–Crippen LogP) is 3.76. The normalized spacial score (nSPS) is 17.1. The molecule has 8 heteroatoms. The van der Waals surface area contributed by atoms with Gasteiger partial charge in [-0.2, -0.15) is 0 Å². The average molecular weight is 204 g/mol. The number of carbonyl (C=O) groups excluding carboxylic acids is 1. The molecule has 0 amide bonds. The zero-order valence-corrected chi connectivity index (χ0v) is 6.40. The summed E-state index contributed by atoms with van der Waals surface area (Å²) in [6.45, 7) is 3.06. The van der Waals surface area contributed by atoms with Gasteiger partial charge in [0.05, 0.1) is 0 Å². The fourth-order valence-electron chi connectivity index (χ4n) is 0. The van der Waals surface area contributed by atoms with Crippen LogP contribution >= 0.6 is 10.6 Å². The molecular weight excluding hydrogens is 198 g/mol. The van der Waals surface area contributed by atoms with E-state index in [1.54, 1.807) is 0 Å². The molecule has 0 aliphatic rings. The van der Waals surface area contributed by atoms with Gasteiger partial charge in [0.1, 0.15) is 5.78 Å². The Labute approximate surface area is 59.4 Å². The van der Waals surface area contributed by atoms with E-state index in [4.69, 9.17) is 0 Å². The van der Waals surface area contributed by atoms with E-state index in [2.05, 4.69) is 0 Å². The van der Waals surface area contributed by atoms with Gasteiger partial charge in [-0.3, -0.25) is 0 Å². The molecule has 0 aliphatic carbocycles. The third-order valence-corrected chi connectivity index (χ3v) is 0. The molecule has 0 N–H and O–H groups in total. The van der Waals surface area contributed by atoms with Crippen LogP contribution in [0.2, 0.25) is 0 Å². The van der Waals surface area contributed by atoms with Gasteiger partial charge in [-0.05, 0) is 13.8 Å². The van der Waals surface area contributed by atoms with Crippen molar-refractivity contribution in [1.29, 1.82) is 0 Å². The highest BCUT2D eigenvalue weighted by Crippen LogP contribution is 2.99. The largest absolute Gasteiger partial charge is 0.431 e. The van der Waals surface area contributed by atoms with E-state index in [1.165, 1.54) is 13.8 Å². The molecule has 0 spiro atoms. The number of rotatable bonds is 0. The third-order valence-electron chi connectivity index (χ3n) is 0. The van der Waals surface area contributed by atoms with E-state index in [-0.39, 0.29) is 5.78 Å². The Kier molecular flexibility index (Phi) is 2.75. The Balaban J connectivity index is 0.